The van der Waals surface area contributed by atoms with E-state index in [-0.39, 0.29) is 11.4 Å². The van der Waals surface area contributed by atoms with E-state index in [1.807, 2.05) is 41.3 Å². The topological polar surface area (TPSA) is 116 Å². The summed E-state index contributed by atoms with van der Waals surface area (Å²) in [6, 6.07) is 5.66. The zero-order valence-electron chi connectivity index (χ0n) is 16.8. The van der Waals surface area contributed by atoms with Gasteiger partial charge in [0.1, 0.15) is 5.56 Å². The summed E-state index contributed by atoms with van der Waals surface area (Å²) in [7, 11) is 0. The fourth-order valence-corrected chi connectivity index (χ4v) is 3.80. The SMILES string of the molecule is O=C(O)c1c(Nc2ccc3[nH]ncc3c2)nc(N2CCOCC2)nc1C1=CCCC=C1. The molecule has 2 aromatic heterocycles. The second kappa shape index (κ2) is 8.19. The molecule has 31 heavy (non-hydrogen) atoms. The molecule has 2 aliphatic rings. The first-order chi connectivity index (χ1) is 15.2. The maximum Gasteiger partial charge on any atom is 0.341 e. The molecule has 0 spiro atoms. The van der Waals surface area contributed by atoms with Crippen molar-refractivity contribution in [1.82, 2.24) is 20.2 Å². The van der Waals surface area contributed by atoms with E-state index in [2.05, 4.69) is 25.5 Å². The van der Waals surface area contributed by atoms with E-state index in [9.17, 15) is 9.90 Å². The Morgan fingerprint density at radius 2 is 2.06 bits per heavy atom. The first-order valence-electron chi connectivity index (χ1n) is 10.2. The minimum absolute atomic E-state index is 0.0575. The van der Waals surface area contributed by atoms with Gasteiger partial charge in [-0.15, -0.1) is 0 Å². The van der Waals surface area contributed by atoms with E-state index >= 15 is 0 Å². The van der Waals surface area contributed by atoms with E-state index in [4.69, 9.17) is 4.74 Å². The number of ether oxygens (including phenoxy) is 1. The van der Waals surface area contributed by atoms with Crippen LogP contribution in [0.15, 0.2) is 42.6 Å². The molecule has 0 unspecified atom stereocenters. The normalized spacial score (nSPS) is 16.4. The lowest BCUT2D eigenvalue weighted by molar-refractivity contribution is 0.0696. The Kier molecular flexibility index (Phi) is 5.09. The fraction of sp³-hybridized carbons (Fsp3) is 0.273. The van der Waals surface area contributed by atoms with Crippen LogP contribution in [0.2, 0.25) is 0 Å². The molecule has 1 saturated heterocycles. The predicted octanol–water partition coefficient (Wildman–Crippen LogP) is 3.36. The van der Waals surface area contributed by atoms with Gasteiger partial charge >= 0.3 is 5.97 Å². The number of aromatic carboxylic acids is 1. The maximum absolute atomic E-state index is 12.3. The molecule has 0 atom stereocenters. The number of anilines is 3. The van der Waals surface area contributed by atoms with E-state index in [1.165, 1.54) is 0 Å². The minimum atomic E-state index is -1.07. The first-order valence-corrected chi connectivity index (χ1v) is 10.2. The average Bonchev–Trinajstić information content (AvgIpc) is 3.27. The van der Waals surface area contributed by atoms with Gasteiger partial charge in [-0.2, -0.15) is 10.1 Å². The number of benzene rings is 1. The number of hydrogen-bond acceptors (Lipinski definition) is 7. The van der Waals surface area contributed by atoms with Crippen LogP contribution in [0.25, 0.3) is 16.5 Å². The third-order valence-corrected chi connectivity index (χ3v) is 5.38. The highest BCUT2D eigenvalue weighted by molar-refractivity contribution is 6.00. The van der Waals surface area contributed by atoms with Gasteiger partial charge in [0.25, 0.3) is 0 Å². The third-order valence-electron chi connectivity index (χ3n) is 5.38. The standard InChI is InChI=1S/C22H22N6O3/c29-21(30)18-19(14-4-2-1-3-5-14)25-22(28-8-10-31-11-9-28)26-20(18)24-16-6-7-17-15(12-16)13-23-27-17/h2,4-7,12-13H,1,3,8-11H2,(H,23,27)(H,29,30)(H,24,25,26). The largest absolute Gasteiger partial charge is 0.477 e. The van der Waals surface area contributed by atoms with Crippen molar-refractivity contribution >= 4 is 39.9 Å². The summed E-state index contributed by atoms with van der Waals surface area (Å²) < 4.78 is 5.45. The lowest BCUT2D eigenvalue weighted by Crippen LogP contribution is -2.37. The van der Waals surface area contributed by atoms with Gasteiger partial charge in [0.15, 0.2) is 5.82 Å². The summed E-state index contributed by atoms with van der Waals surface area (Å²) in [6.07, 6.45) is 9.50. The highest BCUT2D eigenvalue weighted by atomic mass is 16.5. The van der Waals surface area contributed by atoms with Crippen LogP contribution in [0.3, 0.4) is 0 Å². The monoisotopic (exact) mass is 418 g/mol. The fourth-order valence-electron chi connectivity index (χ4n) is 3.80. The number of nitrogens with one attached hydrogen (secondary N) is 2. The van der Waals surface area contributed by atoms with Crippen molar-refractivity contribution in [3.63, 3.8) is 0 Å². The van der Waals surface area contributed by atoms with Gasteiger partial charge in [0.05, 0.1) is 30.6 Å². The number of hydrogen-bond donors (Lipinski definition) is 3. The highest BCUT2D eigenvalue weighted by Gasteiger charge is 2.25. The molecule has 3 aromatic rings. The molecule has 158 valence electrons. The molecule has 5 rings (SSSR count). The van der Waals surface area contributed by atoms with Crippen molar-refractivity contribution in [2.75, 3.05) is 36.5 Å². The van der Waals surface area contributed by atoms with E-state index in [0.29, 0.717) is 37.9 Å². The zero-order valence-corrected chi connectivity index (χ0v) is 16.8. The molecular formula is C22H22N6O3. The number of aromatic nitrogens is 4. The van der Waals surface area contributed by atoms with Gasteiger partial charge in [0.2, 0.25) is 5.95 Å². The van der Waals surface area contributed by atoms with Crippen molar-refractivity contribution in [3.8, 4) is 0 Å². The minimum Gasteiger partial charge on any atom is -0.477 e. The Morgan fingerprint density at radius 3 is 2.84 bits per heavy atom. The van der Waals surface area contributed by atoms with Crippen molar-refractivity contribution in [1.29, 1.82) is 0 Å². The van der Waals surface area contributed by atoms with Crippen LogP contribution >= 0.6 is 0 Å². The number of carbonyl (C=O) groups is 1. The van der Waals surface area contributed by atoms with Crippen LogP contribution in [-0.2, 0) is 4.74 Å². The Hall–Kier alpha value is -3.72. The van der Waals surface area contributed by atoms with Crippen molar-refractivity contribution in [3.05, 3.63) is 53.9 Å². The smallest absolute Gasteiger partial charge is 0.341 e. The lowest BCUT2D eigenvalue weighted by Gasteiger charge is -2.28. The number of allylic oxidation sites excluding steroid dienone is 4. The number of carboxylic acid groups (broad SMARTS) is 1. The number of morpholine rings is 1. The Bertz CT molecular complexity index is 1190. The third kappa shape index (κ3) is 3.87. The van der Waals surface area contributed by atoms with Crippen molar-refractivity contribution < 1.29 is 14.6 Å². The van der Waals surface area contributed by atoms with Gasteiger partial charge in [-0.05, 0) is 36.6 Å². The molecular weight excluding hydrogens is 396 g/mol. The predicted molar refractivity (Wildman–Crippen MR) is 118 cm³/mol. The molecule has 1 aliphatic carbocycles. The second-order valence-electron chi connectivity index (χ2n) is 7.44. The zero-order chi connectivity index (χ0) is 21.2. The Morgan fingerprint density at radius 1 is 1.19 bits per heavy atom. The van der Waals surface area contributed by atoms with E-state index in [0.717, 1.165) is 35.0 Å². The van der Waals surface area contributed by atoms with Gasteiger partial charge in [-0.3, -0.25) is 5.10 Å². The quantitative estimate of drug-likeness (QED) is 0.578. The number of carboxylic acids is 1. The van der Waals surface area contributed by atoms with Gasteiger partial charge in [0, 0.05) is 24.2 Å². The molecule has 9 heteroatoms. The molecule has 1 fully saturated rings. The molecule has 1 aromatic carbocycles. The van der Waals surface area contributed by atoms with E-state index in [1.54, 1.807) is 6.20 Å². The number of rotatable bonds is 5. The van der Waals surface area contributed by atoms with Gasteiger partial charge < -0.3 is 20.1 Å². The van der Waals surface area contributed by atoms with Crippen LogP contribution in [0, 0.1) is 0 Å². The van der Waals surface area contributed by atoms with Crippen LogP contribution in [0.5, 0.6) is 0 Å². The van der Waals surface area contributed by atoms with Crippen molar-refractivity contribution in [2.24, 2.45) is 0 Å². The van der Waals surface area contributed by atoms with Crippen LogP contribution in [-0.4, -0.2) is 57.5 Å². The average molecular weight is 418 g/mol. The first kappa shape index (κ1) is 19.3. The van der Waals surface area contributed by atoms with Gasteiger partial charge in [-0.25, -0.2) is 9.78 Å². The number of H-pyrrole nitrogens is 1. The summed E-state index contributed by atoms with van der Waals surface area (Å²) in [4.78, 5) is 23.7. The van der Waals surface area contributed by atoms with Crippen LogP contribution in [0.1, 0.15) is 28.9 Å². The summed E-state index contributed by atoms with van der Waals surface area (Å²) in [6.45, 7) is 2.48. The Labute approximate surface area is 178 Å². The molecule has 3 N–H and O–H groups in total. The molecule has 0 amide bonds. The highest BCUT2D eigenvalue weighted by Crippen LogP contribution is 2.31. The summed E-state index contributed by atoms with van der Waals surface area (Å²) >= 11 is 0. The molecule has 3 heterocycles. The number of aromatic amines is 1. The van der Waals surface area contributed by atoms with E-state index < -0.39 is 5.97 Å². The Balaban J connectivity index is 1.63. The summed E-state index contributed by atoms with van der Waals surface area (Å²) in [5.74, 6) is -0.313. The van der Waals surface area contributed by atoms with Crippen molar-refractivity contribution in [2.45, 2.75) is 12.8 Å². The molecule has 9 nitrogen and oxygen atoms in total. The number of nitrogens with zero attached hydrogens (tertiary/aromatic N) is 4. The molecule has 1 aliphatic heterocycles. The van der Waals surface area contributed by atoms with Crippen LogP contribution < -0.4 is 10.2 Å². The molecule has 0 saturated carbocycles. The summed E-state index contributed by atoms with van der Waals surface area (Å²) in [5.41, 5.74) is 2.91. The second-order valence-corrected chi connectivity index (χ2v) is 7.44. The lowest BCUT2D eigenvalue weighted by atomic mass is 10.0. The maximum atomic E-state index is 12.3. The number of fused-ring (bicyclic) bond motifs is 1. The molecule has 0 bridgehead atoms. The van der Waals surface area contributed by atoms with Crippen LogP contribution in [0.4, 0.5) is 17.5 Å². The summed E-state index contributed by atoms with van der Waals surface area (Å²) in [5, 5.41) is 21.2. The molecule has 0 radical (unpaired) electrons. The van der Waals surface area contributed by atoms with Gasteiger partial charge in [-0.1, -0.05) is 18.2 Å².